The summed E-state index contributed by atoms with van der Waals surface area (Å²) in [5, 5.41) is 3.15. The lowest BCUT2D eigenvalue weighted by Gasteiger charge is -2.11. The van der Waals surface area contributed by atoms with Gasteiger partial charge in [0.1, 0.15) is 0 Å². The largest absolute Gasteiger partial charge is 0.370 e. The lowest BCUT2D eigenvalue weighted by atomic mass is 10.2. The fourth-order valence-corrected chi connectivity index (χ4v) is 1.47. The van der Waals surface area contributed by atoms with Gasteiger partial charge in [-0.05, 0) is 11.6 Å². The molecule has 6 heteroatoms. The second-order valence-electron chi connectivity index (χ2n) is 3.59. The minimum atomic E-state index is -0.921. The monoisotopic (exact) mass is 255 g/mol. The van der Waals surface area contributed by atoms with Gasteiger partial charge in [-0.25, -0.2) is 0 Å². The maximum Gasteiger partial charge on any atom is 0.237 e. The first-order valence-electron chi connectivity index (χ1n) is 5.05. The summed E-state index contributed by atoms with van der Waals surface area (Å²) in [6, 6.07) is 6.22. The van der Waals surface area contributed by atoms with Crippen molar-refractivity contribution in [3.8, 4) is 0 Å². The Morgan fingerprint density at radius 2 is 2.00 bits per heavy atom. The minimum Gasteiger partial charge on any atom is -0.370 e. The number of amides is 2. The Balaban J connectivity index is 2.48. The molecule has 0 fully saturated rings. The topological polar surface area (TPSA) is 98.2 Å². The molecular weight excluding hydrogens is 242 g/mol. The van der Waals surface area contributed by atoms with Crippen LogP contribution in [0, 0.1) is 0 Å². The molecule has 1 rings (SSSR count). The van der Waals surface area contributed by atoms with Gasteiger partial charge in [-0.1, -0.05) is 29.8 Å². The molecule has 2 amide bonds. The van der Waals surface area contributed by atoms with Crippen molar-refractivity contribution in [2.45, 2.75) is 19.0 Å². The average Bonchev–Trinajstić information content (AvgIpc) is 2.26. The van der Waals surface area contributed by atoms with Crippen LogP contribution in [0.25, 0.3) is 0 Å². The third kappa shape index (κ3) is 4.42. The summed E-state index contributed by atoms with van der Waals surface area (Å²) in [5.41, 5.74) is 11.2. The molecule has 0 aliphatic rings. The molecule has 0 bridgehead atoms. The highest BCUT2D eigenvalue weighted by Crippen LogP contribution is 2.14. The zero-order valence-corrected chi connectivity index (χ0v) is 9.91. The summed E-state index contributed by atoms with van der Waals surface area (Å²) in [4.78, 5) is 22.1. The summed E-state index contributed by atoms with van der Waals surface area (Å²) < 4.78 is 0. The Labute approximate surface area is 104 Å². The van der Waals surface area contributed by atoms with E-state index in [2.05, 4.69) is 5.32 Å². The van der Waals surface area contributed by atoms with Gasteiger partial charge in [0.05, 0.1) is 12.5 Å². The smallest absolute Gasteiger partial charge is 0.237 e. The molecule has 0 aliphatic heterocycles. The molecule has 92 valence electrons. The Morgan fingerprint density at radius 1 is 1.35 bits per heavy atom. The van der Waals surface area contributed by atoms with Gasteiger partial charge in [0.25, 0.3) is 0 Å². The first kappa shape index (κ1) is 13.5. The number of nitrogens with two attached hydrogens (primary N) is 2. The highest BCUT2D eigenvalue weighted by Gasteiger charge is 2.15. The van der Waals surface area contributed by atoms with E-state index in [-0.39, 0.29) is 13.0 Å². The van der Waals surface area contributed by atoms with Crippen LogP contribution >= 0.6 is 11.6 Å². The maximum absolute atomic E-state index is 11.5. The average molecular weight is 256 g/mol. The molecule has 0 aromatic heterocycles. The molecule has 0 saturated carbocycles. The fraction of sp³-hybridized carbons (Fsp3) is 0.273. The van der Waals surface area contributed by atoms with Gasteiger partial charge in [0, 0.05) is 11.6 Å². The number of carbonyl (C=O) groups is 2. The van der Waals surface area contributed by atoms with Crippen molar-refractivity contribution >= 4 is 23.4 Å². The van der Waals surface area contributed by atoms with Crippen LogP contribution in [0.1, 0.15) is 12.0 Å². The molecule has 0 radical (unpaired) electrons. The normalized spacial score (nSPS) is 11.9. The van der Waals surface area contributed by atoms with E-state index in [1.807, 2.05) is 6.07 Å². The summed E-state index contributed by atoms with van der Waals surface area (Å²) in [5.74, 6) is -1.03. The number of primary amides is 1. The molecule has 17 heavy (non-hydrogen) atoms. The van der Waals surface area contributed by atoms with E-state index in [0.29, 0.717) is 5.02 Å². The van der Waals surface area contributed by atoms with Crippen molar-refractivity contribution in [1.82, 2.24) is 5.32 Å². The second-order valence-corrected chi connectivity index (χ2v) is 3.99. The molecule has 0 saturated heterocycles. The van der Waals surface area contributed by atoms with E-state index >= 15 is 0 Å². The number of halogens is 1. The number of rotatable bonds is 5. The van der Waals surface area contributed by atoms with Crippen molar-refractivity contribution in [2.75, 3.05) is 0 Å². The summed E-state index contributed by atoms with van der Waals surface area (Å²) in [6.07, 6.45) is -0.172. The van der Waals surface area contributed by atoms with Crippen LogP contribution in [-0.2, 0) is 16.1 Å². The highest BCUT2D eigenvalue weighted by molar-refractivity contribution is 6.31. The molecule has 1 aromatic rings. The highest BCUT2D eigenvalue weighted by atomic mass is 35.5. The van der Waals surface area contributed by atoms with Gasteiger partial charge >= 0.3 is 0 Å². The van der Waals surface area contributed by atoms with Gasteiger partial charge in [-0.3, -0.25) is 9.59 Å². The molecular formula is C11H14ClN3O2. The Morgan fingerprint density at radius 3 is 2.59 bits per heavy atom. The van der Waals surface area contributed by atoms with E-state index in [4.69, 9.17) is 23.1 Å². The van der Waals surface area contributed by atoms with Crippen LogP contribution in [-0.4, -0.2) is 17.9 Å². The summed E-state index contributed by atoms with van der Waals surface area (Å²) in [7, 11) is 0. The fourth-order valence-electron chi connectivity index (χ4n) is 1.26. The first-order valence-corrected chi connectivity index (χ1v) is 5.43. The van der Waals surface area contributed by atoms with Crippen molar-refractivity contribution in [1.29, 1.82) is 0 Å². The minimum absolute atomic E-state index is 0.172. The van der Waals surface area contributed by atoms with Crippen molar-refractivity contribution in [3.63, 3.8) is 0 Å². The molecule has 0 spiro atoms. The molecule has 5 nitrogen and oxygen atoms in total. The number of benzene rings is 1. The predicted octanol–water partition coefficient (Wildman–Crippen LogP) is 0.159. The predicted molar refractivity (Wildman–Crippen MR) is 65.1 cm³/mol. The maximum atomic E-state index is 11.5. The molecule has 1 atom stereocenters. The van der Waals surface area contributed by atoms with E-state index in [0.717, 1.165) is 5.56 Å². The van der Waals surface area contributed by atoms with Crippen LogP contribution in [0.2, 0.25) is 5.02 Å². The van der Waals surface area contributed by atoms with Crippen LogP contribution in [0.15, 0.2) is 24.3 Å². The lowest BCUT2D eigenvalue weighted by molar-refractivity contribution is -0.126. The Hall–Kier alpha value is -1.59. The van der Waals surface area contributed by atoms with E-state index < -0.39 is 17.9 Å². The molecule has 1 aromatic carbocycles. The van der Waals surface area contributed by atoms with E-state index in [1.54, 1.807) is 18.2 Å². The summed E-state index contributed by atoms with van der Waals surface area (Å²) in [6.45, 7) is 0.269. The zero-order chi connectivity index (χ0) is 12.8. The molecule has 1 unspecified atom stereocenters. The first-order chi connectivity index (χ1) is 8.00. The van der Waals surface area contributed by atoms with Gasteiger partial charge in [0.2, 0.25) is 11.8 Å². The van der Waals surface area contributed by atoms with Crippen LogP contribution in [0.5, 0.6) is 0 Å². The van der Waals surface area contributed by atoms with Crippen LogP contribution < -0.4 is 16.8 Å². The SMILES string of the molecule is NC(=O)CC(N)C(=O)NCc1ccccc1Cl. The third-order valence-corrected chi connectivity index (χ3v) is 2.54. The van der Waals surface area contributed by atoms with Crippen molar-refractivity contribution in [3.05, 3.63) is 34.9 Å². The number of carbonyl (C=O) groups excluding carboxylic acids is 2. The van der Waals surface area contributed by atoms with Crippen molar-refractivity contribution < 1.29 is 9.59 Å². The second kappa shape index (κ2) is 6.22. The van der Waals surface area contributed by atoms with Gasteiger partial charge in [0.15, 0.2) is 0 Å². The number of nitrogens with one attached hydrogen (secondary N) is 1. The quantitative estimate of drug-likeness (QED) is 0.699. The van der Waals surface area contributed by atoms with Gasteiger partial charge in [-0.2, -0.15) is 0 Å². The number of hydrogen-bond acceptors (Lipinski definition) is 3. The molecule has 0 aliphatic carbocycles. The standard InChI is InChI=1S/C11H14ClN3O2/c12-8-4-2-1-3-7(8)6-15-11(17)9(13)5-10(14)16/h1-4,9H,5-6,13H2,(H2,14,16)(H,15,17). The zero-order valence-electron chi connectivity index (χ0n) is 9.15. The van der Waals surface area contributed by atoms with Gasteiger partial charge in [-0.15, -0.1) is 0 Å². The van der Waals surface area contributed by atoms with Crippen molar-refractivity contribution in [2.24, 2.45) is 11.5 Å². The van der Waals surface area contributed by atoms with Crippen LogP contribution in [0.4, 0.5) is 0 Å². The molecule has 5 N–H and O–H groups in total. The van der Waals surface area contributed by atoms with Crippen LogP contribution in [0.3, 0.4) is 0 Å². The lowest BCUT2D eigenvalue weighted by Crippen LogP contribution is -2.42. The van der Waals surface area contributed by atoms with E-state index in [9.17, 15) is 9.59 Å². The summed E-state index contributed by atoms with van der Waals surface area (Å²) >= 11 is 5.91. The van der Waals surface area contributed by atoms with E-state index in [1.165, 1.54) is 0 Å². The molecule has 0 heterocycles. The number of hydrogen-bond donors (Lipinski definition) is 3. The van der Waals surface area contributed by atoms with Gasteiger partial charge < -0.3 is 16.8 Å². The Bertz CT molecular complexity index is 423. The Kier molecular flexibility index (Phi) is 4.93. The third-order valence-electron chi connectivity index (χ3n) is 2.17.